The van der Waals surface area contributed by atoms with E-state index in [0.717, 1.165) is 23.6 Å². The van der Waals surface area contributed by atoms with E-state index in [1.165, 1.54) is 0 Å². The highest BCUT2D eigenvalue weighted by Crippen LogP contribution is 2.10. The Morgan fingerprint density at radius 3 is 2.79 bits per heavy atom. The van der Waals surface area contributed by atoms with Crippen molar-refractivity contribution in [2.75, 3.05) is 20.3 Å². The van der Waals surface area contributed by atoms with Gasteiger partial charge in [0, 0.05) is 12.1 Å². The number of hydrogen-bond donors (Lipinski definition) is 1. The van der Waals surface area contributed by atoms with Gasteiger partial charge in [0.2, 0.25) is 0 Å². The molecule has 0 fully saturated rings. The van der Waals surface area contributed by atoms with Crippen LogP contribution in [0.3, 0.4) is 0 Å². The van der Waals surface area contributed by atoms with E-state index in [9.17, 15) is 0 Å². The molecule has 0 atom stereocenters. The highest BCUT2D eigenvalue weighted by Gasteiger charge is 2.01. The number of furan rings is 1. The number of para-hydroxylation sites is 1. The lowest BCUT2D eigenvalue weighted by atomic mass is 10.3. The van der Waals surface area contributed by atoms with E-state index >= 15 is 0 Å². The number of ether oxygens (including phenoxy) is 2. The van der Waals surface area contributed by atoms with Gasteiger partial charge in [-0.2, -0.15) is 0 Å². The summed E-state index contributed by atoms with van der Waals surface area (Å²) in [5.74, 6) is 1.70. The molecule has 4 nitrogen and oxygen atoms in total. The van der Waals surface area contributed by atoms with E-state index in [1.54, 1.807) is 6.26 Å². The zero-order valence-corrected chi connectivity index (χ0v) is 11.1. The summed E-state index contributed by atoms with van der Waals surface area (Å²) in [7, 11) is 1.91. The van der Waals surface area contributed by atoms with Crippen molar-refractivity contribution in [2.24, 2.45) is 0 Å². The minimum Gasteiger partial charge on any atom is -0.491 e. The van der Waals surface area contributed by atoms with E-state index in [-0.39, 0.29) is 0 Å². The minimum atomic E-state index is 0.474. The fourth-order valence-corrected chi connectivity index (χ4v) is 1.71. The summed E-state index contributed by atoms with van der Waals surface area (Å²) in [5.41, 5.74) is 1.13. The lowest BCUT2D eigenvalue weighted by Crippen LogP contribution is -2.06. The second-order valence-electron chi connectivity index (χ2n) is 4.17. The number of rotatable bonds is 8. The van der Waals surface area contributed by atoms with Crippen LogP contribution in [0.25, 0.3) is 0 Å². The Morgan fingerprint density at radius 2 is 2.00 bits per heavy atom. The molecule has 0 aliphatic rings. The quantitative estimate of drug-likeness (QED) is 0.742. The van der Waals surface area contributed by atoms with Gasteiger partial charge in [-0.05, 0) is 25.2 Å². The van der Waals surface area contributed by atoms with Crippen molar-refractivity contribution in [1.29, 1.82) is 0 Å². The molecule has 0 unspecified atom stereocenters. The Hall–Kier alpha value is -1.78. The van der Waals surface area contributed by atoms with Crippen molar-refractivity contribution in [3.8, 4) is 5.75 Å². The standard InChI is InChI=1S/C15H19NO3/c1-16-10-13-9-15(19-11-13)12-17-7-8-18-14-5-3-2-4-6-14/h2-6,9,11,16H,7-8,10,12H2,1H3. The van der Waals surface area contributed by atoms with Crippen LogP contribution < -0.4 is 10.1 Å². The molecule has 0 spiro atoms. The van der Waals surface area contributed by atoms with Gasteiger partial charge in [-0.1, -0.05) is 18.2 Å². The van der Waals surface area contributed by atoms with Crippen molar-refractivity contribution >= 4 is 0 Å². The van der Waals surface area contributed by atoms with Crippen LogP contribution in [0.15, 0.2) is 47.1 Å². The second-order valence-corrected chi connectivity index (χ2v) is 4.17. The largest absolute Gasteiger partial charge is 0.491 e. The second kappa shape index (κ2) is 7.61. The number of nitrogens with one attached hydrogen (secondary N) is 1. The van der Waals surface area contributed by atoms with E-state index in [2.05, 4.69) is 5.32 Å². The minimum absolute atomic E-state index is 0.474. The average Bonchev–Trinajstić information content (AvgIpc) is 2.88. The summed E-state index contributed by atoms with van der Waals surface area (Å²) >= 11 is 0. The molecule has 19 heavy (non-hydrogen) atoms. The Morgan fingerprint density at radius 1 is 1.16 bits per heavy atom. The zero-order valence-electron chi connectivity index (χ0n) is 11.1. The van der Waals surface area contributed by atoms with E-state index in [4.69, 9.17) is 13.9 Å². The summed E-state index contributed by atoms with van der Waals surface area (Å²) in [6.45, 7) is 2.35. The first-order valence-electron chi connectivity index (χ1n) is 6.35. The van der Waals surface area contributed by atoms with Crippen LogP contribution >= 0.6 is 0 Å². The predicted octanol–water partition coefficient (Wildman–Crippen LogP) is 2.59. The van der Waals surface area contributed by atoms with Gasteiger partial charge in [0.25, 0.3) is 0 Å². The molecule has 0 bridgehead atoms. The van der Waals surface area contributed by atoms with Crippen molar-refractivity contribution < 1.29 is 13.9 Å². The van der Waals surface area contributed by atoms with Crippen LogP contribution in [0.4, 0.5) is 0 Å². The molecule has 1 aromatic carbocycles. The van der Waals surface area contributed by atoms with Gasteiger partial charge in [0.05, 0.1) is 12.9 Å². The summed E-state index contributed by atoms with van der Waals surface area (Å²) in [6, 6.07) is 11.7. The number of hydrogen-bond acceptors (Lipinski definition) is 4. The summed E-state index contributed by atoms with van der Waals surface area (Å²) in [6.07, 6.45) is 1.75. The van der Waals surface area contributed by atoms with E-state index < -0.39 is 0 Å². The molecule has 4 heteroatoms. The maximum Gasteiger partial charge on any atom is 0.129 e. The van der Waals surface area contributed by atoms with Crippen LogP contribution in [0, 0.1) is 0 Å². The van der Waals surface area contributed by atoms with Gasteiger partial charge in [-0.15, -0.1) is 0 Å². The van der Waals surface area contributed by atoms with Crippen LogP contribution in [0.5, 0.6) is 5.75 Å². The third-order valence-electron chi connectivity index (χ3n) is 2.57. The first-order chi connectivity index (χ1) is 9.38. The lowest BCUT2D eigenvalue weighted by molar-refractivity contribution is 0.0781. The molecule has 0 saturated carbocycles. The van der Waals surface area contributed by atoms with Crippen LogP contribution in [0.2, 0.25) is 0 Å². The molecule has 0 aliphatic carbocycles. The van der Waals surface area contributed by atoms with Gasteiger partial charge < -0.3 is 19.2 Å². The molecular weight excluding hydrogens is 242 g/mol. The fraction of sp³-hybridized carbons (Fsp3) is 0.333. The first-order valence-corrected chi connectivity index (χ1v) is 6.35. The van der Waals surface area contributed by atoms with Crippen LogP contribution in [-0.4, -0.2) is 20.3 Å². The fourth-order valence-electron chi connectivity index (χ4n) is 1.71. The molecule has 0 saturated heterocycles. The van der Waals surface area contributed by atoms with Gasteiger partial charge >= 0.3 is 0 Å². The smallest absolute Gasteiger partial charge is 0.129 e. The molecule has 0 aliphatic heterocycles. The monoisotopic (exact) mass is 261 g/mol. The zero-order chi connectivity index (χ0) is 13.3. The molecule has 2 aromatic rings. The van der Waals surface area contributed by atoms with Crippen LogP contribution in [0.1, 0.15) is 11.3 Å². The van der Waals surface area contributed by atoms with Crippen molar-refractivity contribution in [1.82, 2.24) is 5.32 Å². The lowest BCUT2D eigenvalue weighted by Gasteiger charge is -2.05. The maximum atomic E-state index is 5.52. The molecule has 102 valence electrons. The van der Waals surface area contributed by atoms with Gasteiger partial charge in [-0.3, -0.25) is 0 Å². The van der Waals surface area contributed by atoms with Gasteiger partial charge in [0.1, 0.15) is 24.7 Å². The third-order valence-corrected chi connectivity index (χ3v) is 2.57. The Bertz CT molecular complexity index is 467. The summed E-state index contributed by atoms with van der Waals surface area (Å²) < 4.78 is 16.4. The van der Waals surface area contributed by atoms with Crippen molar-refractivity contribution in [3.63, 3.8) is 0 Å². The molecule has 0 radical (unpaired) electrons. The molecule has 1 heterocycles. The molecule has 1 aromatic heterocycles. The predicted molar refractivity (Wildman–Crippen MR) is 73.1 cm³/mol. The summed E-state index contributed by atoms with van der Waals surface area (Å²) in [4.78, 5) is 0. The third kappa shape index (κ3) is 4.77. The highest BCUT2D eigenvalue weighted by atomic mass is 16.5. The van der Waals surface area contributed by atoms with Crippen molar-refractivity contribution in [2.45, 2.75) is 13.2 Å². The highest BCUT2D eigenvalue weighted by molar-refractivity contribution is 5.20. The summed E-state index contributed by atoms with van der Waals surface area (Å²) in [5, 5.41) is 3.07. The van der Waals surface area contributed by atoms with Gasteiger partial charge in [-0.25, -0.2) is 0 Å². The molecular formula is C15H19NO3. The van der Waals surface area contributed by atoms with Crippen molar-refractivity contribution in [3.05, 3.63) is 54.0 Å². The Labute approximate surface area is 113 Å². The first kappa shape index (κ1) is 13.6. The van der Waals surface area contributed by atoms with E-state index in [0.29, 0.717) is 19.8 Å². The Kier molecular flexibility index (Phi) is 5.47. The van der Waals surface area contributed by atoms with E-state index in [1.807, 2.05) is 43.4 Å². The van der Waals surface area contributed by atoms with Crippen LogP contribution in [-0.2, 0) is 17.9 Å². The normalized spacial score (nSPS) is 10.6. The molecule has 1 N–H and O–H groups in total. The number of benzene rings is 1. The Balaban J connectivity index is 1.61. The molecule has 0 amide bonds. The topological polar surface area (TPSA) is 43.6 Å². The SMILES string of the molecule is CNCc1coc(COCCOc2ccccc2)c1. The molecule has 2 rings (SSSR count). The van der Waals surface area contributed by atoms with Gasteiger partial charge in [0.15, 0.2) is 0 Å². The maximum absolute atomic E-state index is 5.52. The average molecular weight is 261 g/mol.